The van der Waals surface area contributed by atoms with Crippen molar-refractivity contribution < 1.29 is 43.8 Å². The molecule has 0 radical (unpaired) electrons. The van der Waals surface area contributed by atoms with Crippen LogP contribution in [-0.4, -0.2) is 72.7 Å². The molecule has 0 spiro atoms. The molecule has 178 valence electrons. The molecule has 4 N–H and O–H groups in total. The van der Waals surface area contributed by atoms with E-state index in [4.69, 9.17) is 18.9 Å². The molecule has 2 fully saturated rings. The number of hydrogen-bond donors (Lipinski definition) is 4. The minimum Gasteiger partial charge on any atom is -0.493 e. The van der Waals surface area contributed by atoms with Gasteiger partial charge in [0.15, 0.2) is 30.0 Å². The molecule has 0 aliphatic carbocycles. The van der Waals surface area contributed by atoms with E-state index in [1.165, 1.54) is 0 Å². The van der Waals surface area contributed by atoms with Crippen LogP contribution >= 0.6 is 0 Å². The summed E-state index contributed by atoms with van der Waals surface area (Å²) < 4.78 is 24.0. The highest BCUT2D eigenvalue weighted by Crippen LogP contribution is 2.35. The minimum absolute atomic E-state index is 0.0449. The first-order valence-corrected chi connectivity index (χ1v) is 11.2. The zero-order valence-corrected chi connectivity index (χ0v) is 18.8. The van der Waals surface area contributed by atoms with E-state index in [0.29, 0.717) is 31.0 Å². The molecular weight excluding hydrogens is 429 g/mol. The Morgan fingerprint density at radius 1 is 1.06 bits per heavy atom. The number of rotatable bonds is 7. The Labute approximate surface area is 193 Å². The van der Waals surface area contributed by atoms with Gasteiger partial charge in [-0.15, -0.1) is 0 Å². The largest absolute Gasteiger partial charge is 0.493 e. The molecule has 1 unspecified atom stereocenters. The van der Waals surface area contributed by atoms with E-state index in [-0.39, 0.29) is 12.5 Å². The van der Waals surface area contributed by atoms with E-state index in [2.05, 4.69) is 0 Å². The number of aliphatic hydroxyl groups is 3. The molecule has 0 amide bonds. The van der Waals surface area contributed by atoms with Crippen molar-refractivity contribution in [2.75, 3.05) is 26.9 Å². The average Bonchev–Trinajstić information content (AvgIpc) is 3.27. The van der Waals surface area contributed by atoms with Crippen LogP contribution in [-0.2, 0) is 9.39 Å². The minimum atomic E-state index is -1.32. The number of aliphatic hydroxyl groups excluding tert-OH is 3. The van der Waals surface area contributed by atoms with Crippen LogP contribution in [0.2, 0.25) is 6.32 Å². The van der Waals surface area contributed by atoms with Crippen molar-refractivity contribution in [1.29, 1.82) is 0 Å². The number of nitrogens with zero attached hydrogens (tertiary/aromatic N) is 1. The molecule has 2 aliphatic rings. The first-order valence-electron chi connectivity index (χ1n) is 11.2. The highest BCUT2D eigenvalue weighted by molar-refractivity contribution is 6.43. The normalized spacial score (nSPS) is 27.6. The Hall–Kier alpha value is -2.21. The third-order valence-corrected chi connectivity index (χ3v) is 6.08. The molecule has 9 nitrogen and oxygen atoms in total. The van der Waals surface area contributed by atoms with Crippen molar-refractivity contribution in [3.05, 3.63) is 42.2 Å². The van der Waals surface area contributed by atoms with E-state index < -0.39 is 31.7 Å². The summed E-state index contributed by atoms with van der Waals surface area (Å²) in [5, 5.41) is 40.5. The van der Waals surface area contributed by atoms with Crippen LogP contribution in [0.25, 0.3) is 11.1 Å². The summed E-state index contributed by atoms with van der Waals surface area (Å²) in [5.74, 6) is 1.21. The summed E-state index contributed by atoms with van der Waals surface area (Å²) >= 11 is 0. The summed E-state index contributed by atoms with van der Waals surface area (Å²) in [5.41, 5.74) is 2.59. The Morgan fingerprint density at radius 3 is 2.58 bits per heavy atom. The molecule has 33 heavy (non-hydrogen) atoms. The van der Waals surface area contributed by atoms with Gasteiger partial charge in [0.25, 0.3) is 6.23 Å². The van der Waals surface area contributed by atoms with E-state index >= 15 is 0 Å². The molecule has 10 heteroatoms. The molecule has 0 bridgehead atoms. The van der Waals surface area contributed by atoms with Crippen LogP contribution in [0.5, 0.6) is 11.5 Å². The van der Waals surface area contributed by atoms with E-state index in [9.17, 15) is 20.3 Å². The van der Waals surface area contributed by atoms with E-state index in [1.54, 1.807) is 11.7 Å². The van der Waals surface area contributed by atoms with Crippen LogP contribution < -0.4 is 14.0 Å². The second kappa shape index (κ2) is 10.4. The number of methoxy groups -OCH3 is 1. The van der Waals surface area contributed by atoms with Crippen molar-refractivity contribution >= 4 is 7.12 Å². The Balaban J connectivity index is 1.75. The number of aromatic nitrogens is 1. The molecule has 2 aliphatic heterocycles. The highest BCUT2D eigenvalue weighted by Gasteiger charge is 2.43. The van der Waals surface area contributed by atoms with E-state index in [0.717, 1.165) is 23.1 Å². The van der Waals surface area contributed by atoms with E-state index in [1.807, 2.05) is 43.6 Å². The van der Waals surface area contributed by atoms with Gasteiger partial charge in [0.2, 0.25) is 0 Å². The highest BCUT2D eigenvalue weighted by atomic mass is 16.5. The van der Waals surface area contributed by atoms with Gasteiger partial charge in [-0.05, 0) is 36.5 Å². The predicted molar refractivity (Wildman–Crippen MR) is 119 cm³/mol. The fourth-order valence-electron chi connectivity index (χ4n) is 4.23. The number of ether oxygens (including phenoxy) is 3. The van der Waals surface area contributed by atoms with Gasteiger partial charge in [-0.2, -0.15) is 4.57 Å². The van der Waals surface area contributed by atoms with Gasteiger partial charge in [-0.1, -0.05) is 13.0 Å². The second-order valence-electron chi connectivity index (χ2n) is 8.51. The molecule has 4 rings (SSSR count). The van der Waals surface area contributed by atoms with Gasteiger partial charge in [-0.3, -0.25) is 0 Å². The van der Waals surface area contributed by atoms with Crippen LogP contribution in [0, 0.1) is 0 Å². The zero-order chi connectivity index (χ0) is 23.5. The Bertz CT molecular complexity index is 960. The lowest BCUT2D eigenvalue weighted by atomic mass is 9.79. The molecule has 2 aromatic rings. The van der Waals surface area contributed by atoms with Crippen molar-refractivity contribution in [3.63, 3.8) is 0 Å². The lowest BCUT2D eigenvalue weighted by Crippen LogP contribution is -2.58. The average molecular weight is 460 g/mol. The van der Waals surface area contributed by atoms with Crippen LogP contribution in [0.1, 0.15) is 31.1 Å². The first-order chi connectivity index (χ1) is 15.9. The number of pyridine rings is 1. The maximum absolute atomic E-state index is 10.6. The van der Waals surface area contributed by atoms with Crippen molar-refractivity contribution in [2.24, 2.45) is 0 Å². The molecule has 1 aromatic carbocycles. The van der Waals surface area contributed by atoms with Gasteiger partial charge in [0, 0.05) is 23.7 Å². The number of hydrogen-bond acceptors (Lipinski definition) is 8. The van der Waals surface area contributed by atoms with Crippen LogP contribution in [0.15, 0.2) is 36.7 Å². The molecule has 5 atom stereocenters. The van der Waals surface area contributed by atoms with Gasteiger partial charge in [0.1, 0.15) is 12.2 Å². The maximum atomic E-state index is 10.6. The van der Waals surface area contributed by atoms with Gasteiger partial charge in [-0.25, -0.2) is 0 Å². The van der Waals surface area contributed by atoms with Crippen LogP contribution in [0.4, 0.5) is 0 Å². The second-order valence-corrected chi connectivity index (χ2v) is 8.51. The fraction of sp³-hybridized carbons (Fsp3) is 0.522. The monoisotopic (exact) mass is 460 g/mol. The lowest BCUT2D eigenvalue weighted by Gasteiger charge is -2.31. The summed E-state index contributed by atoms with van der Waals surface area (Å²) in [4.78, 5) is 0. The Morgan fingerprint density at radius 2 is 1.88 bits per heavy atom. The molecular formula is C23H31BNO8+. The number of benzene rings is 1. The summed E-state index contributed by atoms with van der Waals surface area (Å²) in [6, 6.07) is 7.66. The lowest BCUT2D eigenvalue weighted by molar-refractivity contribution is -0.775. The third-order valence-electron chi connectivity index (χ3n) is 6.08. The third kappa shape index (κ3) is 5.16. The molecule has 1 aromatic heterocycles. The standard InChI is InChI=1S/C23H31BNO8/c1-3-6-31-20-8-14(4-5-19(20)30-2)15-7-16(17-9-24(29)33-12-17)11-25(10-15)23-22(28)21(27)18(26)13-32-23/h4-5,7-8,10-11,17-18,21-23,26-29H,3,6,9,12-13H2,1-2H3/q+1/t17-,18+,21-,22+,23?/m0/s1. The van der Waals surface area contributed by atoms with Crippen molar-refractivity contribution in [1.82, 2.24) is 0 Å². The van der Waals surface area contributed by atoms with Gasteiger partial charge in [0.05, 0.1) is 20.3 Å². The smallest absolute Gasteiger partial charge is 0.454 e. The topological polar surface area (TPSA) is 122 Å². The molecule has 2 saturated heterocycles. The van der Waals surface area contributed by atoms with Crippen molar-refractivity contribution in [2.45, 2.75) is 50.1 Å². The maximum Gasteiger partial charge on any atom is 0.454 e. The molecule has 3 heterocycles. The summed E-state index contributed by atoms with van der Waals surface area (Å²) in [6.07, 6.45) is 0.276. The van der Waals surface area contributed by atoms with Gasteiger partial charge < -0.3 is 39.2 Å². The predicted octanol–water partition coefficient (Wildman–Crippen LogP) is 0.644. The van der Waals surface area contributed by atoms with Gasteiger partial charge >= 0.3 is 7.12 Å². The summed E-state index contributed by atoms with van der Waals surface area (Å²) in [6.45, 7) is 2.85. The summed E-state index contributed by atoms with van der Waals surface area (Å²) in [7, 11) is 0.769. The van der Waals surface area contributed by atoms with Crippen molar-refractivity contribution in [3.8, 4) is 22.6 Å². The Kier molecular flexibility index (Phi) is 7.53. The fourth-order valence-corrected chi connectivity index (χ4v) is 4.23. The quantitative estimate of drug-likeness (QED) is 0.351. The van der Waals surface area contributed by atoms with Crippen LogP contribution in [0.3, 0.4) is 0 Å². The SMILES string of the molecule is CCCOc1cc(-c2cc([C@@H]3COB(O)C3)c[n+](C3OC[C@@H](O)[C@H](O)[C@H]3O)c2)ccc1OC. The zero-order valence-electron chi connectivity index (χ0n) is 18.8. The molecule has 0 saturated carbocycles. The first kappa shape index (κ1) is 23.9.